The van der Waals surface area contributed by atoms with Crippen LogP contribution in [0.1, 0.15) is 29.3 Å². The number of carbonyl (C=O) groups excluding carboxylic acids is 3. The Morgan fingerprint density at radius 2 is 1.79 bits per heavy atom. The summed E-state index contributed by atoms with van der Waals surface area (Å²) in [5.41, 5.74) is 2.04. The van der Waals surface area contributed by atoms with Gasteiger partial charge in [-0.05, 0) is 56.5 Å². The molecule has 0 heterocycles. The number of amides is 2. The summed E-state index contributed by atoms with van der Waals surface area (Å²) in [6, 6.07) is 15.2. The van der Waals surface area contributed by atoms with Gasteiger partial charge in [-0.1, -0.05) is 35.9 Å². The monoisotopic (exact) mass is 414 g/mol. The molecule has 0 aromatic heterocycles. The number of hydrogen-bond donors (Lipinski definition) is 2. The molecule has 0 bridgehead atoms. The fraction of sp³-hybridized carbons (Fsp3) is 0.318. The SMILES string of the molecule is CSCC[C@H](NC(=O)c1cccc(C)c1)C(=O)O[C@@H](C)C(=O)Nc1ccccc1. The van der Waals surface area contributed by atoms with Crippen molar-refractivity contribution in [2.75, 3.05) is 17.3 Å². The van der Waals surface area contributed by atoms with Gasteiger partial charge in [0.05, 0.1) is 0 Å². The van der Waals surface area contributed by atoms with Crippen LogP contribution < -0.4 is 10.6 Å². The number of para-hydroxylation sites is 1. The average Bonchev–Trinajstić information content (AvgIpc) is 2.71. The summed E-state index contributed by atoms with van der Waals surface area (Å²) in [6.07, 6.45) is 1.33. The van der Waals surface area contributed by atoms with Crippen molar-refractivity contribution in [3.8, 4) is 0 Å². The summed E-state index contributed by atoms with van der Waals surface area (Å²) in [5, 5.41) is 5.42. The van der Waals surface area contributed by atoms with E-state index in [0.717, 1.165) is 5.56 Å². The van der Waals surface area contributed by atoms with Gasteiger partial charge in [-0.2, -0.15) is 11.8 Å². The van der Waals surface area contributed by atoms with Crippen LogP contribution in [0.5, 0.6) is 0 Å². The Morgan fingerprint density at radius 3 is 2.45 bits per heavy atom. The molecule has 0 fully saturated rings. The molecule has 2 amide bonds. The van der Waals surface area contributed by atoms with Crippen molar-refractivity contribution in [1.29, 1.82) is 0 Å². The van der Waals surface area contributed by atoms with Crippen molar-refractivity contribution < 1.29 is 19.1 Å². The fourth-order valence-corrected chi connectivity index (χ4v) is 3.06. The maximum Gasteiger partial charge on any atom is 0.329 e. The Morgan fingerprint density at radius 1 is 1.07 bits per heavy atom. The third-order valence-electron chi connectivity index (χ3n) is 4.18. The Kier molecular flexibility index (Phi) is 8.73. The predicted molar refractivity (Wildman–Crippen MR) is 116 cm³/mol. The molecule has 0 saturated carbocycles. The first-order valence-corrected chi connectivity index (χ1v) is 10.7. The van der Waals surface area contributed by atoms with Gasteiger partial charge in [0.15, 0.2) is 6.10 Å². The van der Waals surface area contributed by atoms with Crippen LogP contribution in [0.3, 0.4) is 0 Å². The zero-order valence-electron chi connectivity index (χ0n) is 16.8. The number of aryl methyl sites for hydroxylation is 1. The molecule has 7 heteroatoms. The highest BCUT2D eigenvalue weighted by Crippen LogP contribution is 2.10. The lowest BCUT2D eigenvalue weighted by Crippen LogP contribution is -2.44. The molecule has 0 aliphatic rings. The Balaban J connectivity index is 1.99. The molecule has 0 unspecified atom stereocenters. The molecule has 2 aromatic carbocycles. The van der Waals surface area contributed by atoms with E-state index in [4.69, 9.17) is 4.74 Å². The fourth-order valence-electron chi connectivity index (χ4n) is 2.59. The second-order valence-electron chi connectivity index (χ2n) is 6.61. The van der Waals surface area contributed by atoms with Gasteiger partial charge in [-0.3, -0.25) is 9.59 Å². The number of anilines is 1. The zero-order valence-corrected chi connectivity index (χ0v) is 17.6. The van der Waals surface area contributed by atoms with E-state index in [0.29, 0.717) is 23.4 Å². The van der Waals surface area contributed by atoms with Crippen molar-refractivity contribution >= 4 is 35.2 Å². The van der Waals surface area contributed by atoms with E-state index in [2.05, 4.69) is 10.6 Å². The standard InChI is InChI=1S/C22H26N2O4S/c1-15-8-7-9-17(14-15)21(26)24-19(12-13-29-3)22(27)28-16(2)20(25)23-18-10-5-4-6-11-18/h4-11,14,16,19H,12-13H2,1-3H3,(H,23,25)(H,24,26)/t16-,19-/m0/s1. The van der Waals surface area contributed by atoms with Crippen LogP contribution in [-0.2, 0) is 14.3 Å². The molecule has 0 saturated heterocycles. The van der Waals surface area contributed by atoms with Gasteiger partial charge >= 0.3 is 5.97 Å². The van der Waals surface area contributed by atoms with Gasteiger partial charge in [0.25, 0.3) is 11.8 Å². The van der Waals surface area contributed by atoms with E-state index in [1.54, 1.807) is 54.2 Å². The van der Waals surface area contributed by atoms with Crippen LogP contribution in [0.15, 0.2) is 54.6 Å². The summed E-state index contributed by atoms with van der Waals surface area (Å²) in [4.78, 5) is 37.4. The molecule has 29 heavy (non-hydrogen) atoms. The molecule has 2 N–H and O–H groups in total. The Hall–Kier alpha value is -2.80. The summed E-state index contributed by atoms with van der Waals surface area (Å²) in [5.74, 6) is -0.745. The van der Waals surface area contributed by atoms with Crippen LogP contribution >= 0.6 is 11.8 Å². The predicted octanol–water partition coefficient (Wildman–Crippen LogP) is 3.42. The van der Waals surface area contributed by atoms with Crippen LogP contribution in [-0.4, -0.2) is 41.9 Å². The van der Waals surface area contributed by atoms with Gasteiger partial charge in [0.2, 0.25) is 0 Å². The largest absolute Gasteiger partial charge is 0.451 e. The molecule has 0 aliphatic carbocycles. The summed E-state index contributed by atoms with van der Waals surface area (Å²) in [6.45, 7) is 3.40. The maximum atomic E-state index is 12.6. The molecule has 0 aliphatic heterocycles. The molecular weight excluding hydrogens is 388 g/mol. The van der Waals surface area contributed by atoms with Crippen molar-refractivity contribution in [3.63, 3.8) is 0 Å². The molecule has 2 atom stereocenters. The van der Waals surface area contributed by atoms with E-state index in [-0.39, 0.29) is 5.91 Å². The van der Waals surface area contributed by atoms with E-state index < -0.39 is 24.0 Å². The third-order valence-corrected chi connectivity index (χ3v) is 4.83. The first-order valence-electron chi connectivity index (χ1n) is 9.33. The highest BCUT2D eigenvalue weighted by molar-refractivity contribution is 7.98. The molecule has 0 spiro atoms. The van der Waals surface area contributed by atoms with E-state index in [1.165, 1.54) is 6.92 Å². The highest BCUT2D eigenvalue weighted by atomic mass is 32.2. The summed E-state index contributed by atoms with van der Waals surface area (Å²) >= 11 is 1.56. The number of thioether (sulfide) groups is 1. The Bertz CT molecular complexity index is 842. The number of nitrogens with one attached hydrogen (secondary N) is 2. The lowest BCUT2D eigenvalue weighted by molar-refractivity contribution is -0.155. The molecule has 154 valence electrons. The van der Waals surface area contributed by atoms with Gasteiger partial charge in [0.1, 0.15) is 6.04 Å². The molecular formula is C22H26N2O4S. The van der Waals surface area contributed by atoms with Gasteiger partial charge in [0, 0.05) is 11.3 Å². The van der Waals surface area contributed by atoms with Crippen molar-refractivity contribution in [1.82, 2.24) is 5.32 Å². The van der Waals surface area contributed by atoms with E-state index >= 15 is 0 Å². The smallest absolute Gasteiger partial charge is 0.329 e. The number of ether oxygens (including phenoxy) is 1. The number of esters is 1. The molecule has 6 nitrogen and oxygen atoms in total. The number of carbonyl (C=O) groups is 3. The van der Waals surface area contributed by atoms with Crippen LogP contribution in [0, 0.1) is 6.92 Å². The van der Waals surface area contributed by atoms with Gasteiger partial charge in [-0.25, -0.2) is 4.79 Å². The minimum atomic E-state index is -0.990. The Labute approximate surface area is 175 Å². The van der Waals surface area contributed by atoms with Gasteiger partial charge in [-0.15, -0.1) is 0 Å². The number of hydrogen-bond acceptors (Lipinski definition) is 5. The summed E-state index contributed by atoms with van der Waals surface area (Å²) in [7, 11) is 0. The first kappa shape index (κ1) is 22.5. The minimum absolute atomic E-state index is 0.349. The first-order chi connectivity index (χ1) is 13.9. The van der Waals surface area contributed by atoms with Crippen LogP contribution in [0.4, 0.5) is 5.69 Å². The third kappa shape index (κ3) is 7.27. The second kappa shape index (κ2) is 11.3. The molecule has 2 rings (SSSR count). The second-order valence-corrected chi connectivity index (χ2v) is 7.60. The lowest BCUT2D eigenvalue weighted by atomic mass is 10.1. The normalized spacial score (nSPS) is 12.5. The molecule has 0 radical (unpaired) electrons. The summed E-state index contributed by atoms with van der Waals surface area (Å²) < 4.78 is 5.33. The quantitative estimate of drug-likeness (QED) is 0.614. The van der Waals surface area contributed by atoms with Crippen molar-refractivity contribution in [2.24, 2.45) is 0 Å². The minimum Gasteiger partial charge on any atom is -0.451 e. The van der Waals surface area contributed by atoms with Gasteiger partial charge < -0.3 is 15.4 Å². The average molecular weight is 415 g/mol. The van der Waals surface area contributed by atoms with E-state index in [1.807, 2.05) is 25.3 Å². The number of rotatable bonds is 9. The topological polar surface area (TPSA) is 84.5 Å². The molecule has 2 aromatic rings. The maximum absolute atomic E-state index is 12.6. The number of benzene rings is 2. The lowest BCUT2D eigenvalue weighted by Gasteiger charge is -2.20. The van der Waals surface area contributed by atoms with E-state index in [9.17, 15) is 14.4 Å². The van der Waals surface area contributed by atoms with Crippen molar-refractivity contribution in [3.05, 3.63) is 65.7 Å². The van der Waals surface area contributed by atoms with Crippen LogP contribution in [0.2, 0.25) is 0 Å². The zero-order chi connectivity index (χ0) is 21.2. The van der Waals surface area contributed by atoms with Crippen molar-refractivity contribution in [2.45, 2.75) is 32.4 Å². The highest BCUT2D eigenvalue weighted by Gasteiger charge is 2.26. The van der Waals surface area contributed by atoms with Crippen LogP contribution in [0.25, 0.3) is 0 Å².